The molecule has 0 amide bonds. The Morgan fingerprint density at radius 2 is 2.12 bits per heavy atom. The first-order valence-corrected chi connectivity index (χ1v) is 6.11. The van der Waals surface area contributed by atoms with Gasteiger partial charge in [0.2, 0.25) is 5.13 Å². The van der Waals surface area contributed by atoms with Crippen LogP contribution in [0.25, 0.3) is 0 Å². The average molecular weight is 249 g/mol. The topological polar surface area (TPSA) is 38.2 Å². The number of anilines is 1. The first kappa shape index (κ1) is 11.9. The molecule has 90 valence electrons. The zero-order valence-corrected chi connectivity index (χ0v) is 11.0. The quantitative estimate of drug-likeness (QED) is 0.834. The van der Waals surface area contributed by atoms with Crippen LogP contribution in [0.1, 0.15) is 11.4 Å². The van der Waals surface area contributed by atoms with Crippen LogP contribution in [0.5, 0.6) is 5.75 Å². The van der Waals surface area contributed by atoms with Gasteiger partial charge in [-0.05, 0) is 13.0 Å². The second-order valence-electron chi connectivity index (χ2n) is 3.79. The summed E-state index contributed by atoms with van der Waals surface area (Å²) in [5, 5.41) is 0.924. The second-order valence-corrected chi connectivity index (χ2v) is 4.52. The SMILES string of the molecule is COc1ccccc1CN(C)c1nc(C)ns1. The summed E-state index contributed by atoms with van der Waals surface area (Å²) in [6.45, 7) is 2.66. The van der Waals surface area contributed by atoms with E-state index in [2.05, 4.69) is 20.3 Å². The molecule has 4 nitrogen and oxygen atoms in total. The van der Waals surface area contributed by atoms with Crippen molar-refractivity contribution >= 4 is 16.7 Å². The van der Waals surface area contributed by atoms with Crippen LogP contribution in [-0.2, 0) is 6.54 Å². The maximum absolute atomic E-state index is 5.33. The summed E-state index contributed by atoms with van der Waals surface area (Å²) in [5.41, 5.74) is 1.14. The van der Waals surface area contributed by atoms with Crippen LogP contribution in [-0.4, -0.2) is 23.5 Å². The van der Waals surface area contributed by atoms with Gasteiger partial charge in [0, 0.05) is 30.7 Å². The zero-order valence-electron chi connectivity index (χ0n) is 10.2. The normalized spacial score (nSPS) is 10.3. The summed E-state index contributed by atoms with van der Waals surface area (Å²) < 4.78 is 9.51. The van der Waals surface area contributed by atoms with E-state index in [1.807, 2.05) is 32.2 Å². The summed E-state index contributed by atoms with van der Waals surface area (Å²) in [4.78, 5) is 6.43. The maximum Gasteiger partial charge on any atom is 0.205 e. The summed E-state index contributed by atoms with van der Waals surface area (Å²) in [6, 6.07) is 8.01. The lowest BCUT2D eigenvalue weighted by Crippen LogP contribution is -2.16. The molecule has 0 unspecified atom stereocenters. The minimum absolute atomic E-state index is 0.763. The highest BCUT2D eigenvalue weighted by atomic mass is 32.1. The fourth-order valence-corrected chi connectivity index (χ4v) is 2.23. The fraction of sp³-hybridized carbons (Fsp3) is 0.333. The molecule has 17 heavy (non-hydrogen) atoms. The first-order valence-electron chi connectivity index (χ1n) is 5.34. The second kappa shape index (κ2) is 5.14. The molecule has 0 aliphatic heterocycles. The molecular weight excluding hydrogens is 234 g/mol. The van der Waals surface area contributed by atoms with Gasteiger partial charge in [0.05, 0.1) is 7.11 Å². The summed E-state index contributed by atoms with van der Waals surface area (Å²) in [7, 11) is 3.69. The lowest BCUT2D eigenvalue weighted by atomic mass is 10.2. The lowest BCUT2D eigenvalue weighted by molar-refractivity contribution is 0.409. The number of hydrogen-bond donors (Lipinski definition) is 0. The van der Waals surface area contributed by atoms with Gasteiger partial charge in [-0.25, -0.2) is 4.98 Å². The molecule has 0 radical (unpaired) electrons. The van der Waals surface area contributed by atoms with Gasteiger partial charge in [-0.1, -0.05) is 18.2 Å². The van der Waals surface area contributed by atoms with Gasteiger partial charge in [0.15, 0.2) is 0 Å². The smallest absolute Gasteiger partial charge is 0.205 e. The van der Waals surface area contributed by atoms with Crippen molar-refractivity contribution in [3.63, 3.8) is 0 Å². The number of rotatable bonds is 4. The largest absolute Gasteiger partial charge is 0.496 e. The van der Waals surface area contributed by atoms with Crippen LogP contribution in [0.4, 0.5) is 5.13 Å². The molecule has 0 bridgehead atoms. The van der Waals surface area contributed by atoms with Crippen molar-refractivity contribution in [2.75, 3.05) is 19.1 Å². The minimum Gasteiger partial charge on any atom is -0.496 e. The molecule has 0 saturated carbocycles. The number of nitrogens with zero attached hydrogens (tertiary/aromatic N) is 3. The van der Waals surface area contributed by atoms with Crippen LogP contribution in [0.15, 0.2) is 24.3 Å². The highest BCUT2D eigenvalue weighted by Crippen LogP contribution is 2.22. The van der Waals surface area contributed by atoms with E-state index < -0.39 is 0 Å². The van der Waals surface area contributed by atoms with E-state index in [-0.39, 0.29) is 0 Å². The monoisotopic (exact) mass is 249 g/mol. The highest BCUT2D eigenvalue weighted by molar-refractivity contribution is 7.09. The number of aryl methyl sites for hydroxylation is 1. The molecular formula is C12H15N3OS. The number of benzene rings is 1. The van der Waals surface area contributed by atoms with Crippen LogP contribution < -0.4 is 9.64 Å². The van der Waals surface area contributed by atoms with E-state index in [4.69, 9.17) is 4.74 Å². The molecule has 1 heterocycles. The zero-order chi connectivity index (χ0) is 12.3. The fourth-order valence-electron chi connectivity index (χ4n) is 1.60. The third kappa shape index (κ3) is 2.74. The van der Waals surface area contributed by atoms with Gasteiger partial charge >= 0.3 is 0 Å². The van der Waals surface area contributed by atoms with Crippen LogP contribution >= 0.6 is 11.5 Å². The van der Waals surface area contributed by atoms with Crippen LogP contribution in [0, 0.1) is 6.92 Å². The lowest BCUT2D eigenvalue weighted by Gasteiger charge is -2.16. The Kier molecular flexibility index (Phi) is 3.58. The molecule has 1 aromatic heterocycles. The van der Waals surface area contributed by atoms with Crippen molar-refractivity contribution in [1.29, 1.82) is 0 Å². The van der Waals surface area contributed by atoms with Crippen molar-refractivity contribution in [2.45, 2.75) is 13.5 Å². The van der Waals surface area contributed by atoms with Gasteiger partial charge in [-0.2, -0.15) is 4.37 Å². The molecule has 0 fully saturated rings. The van der Waals surface area contributed by atoms with E-state index in [0.717, 1.165) is 28.8 Å². The molecule has 2 aromatic rings. The van der Waals surface area contributed by atoms with Crippen molar-refractivity contribution in [1.82, 2.24) is 9.36 Å². The highest BCUT2D eigenvalue weighted by Gasteiger charge is 2.09. The summed E-state index contributed by atoms with van der Waals surface area (Å²) in [6.07, 6.45) is 0. The van der Waals surface area contributed by atoms with Crippen molar-refractivity contribution in [2.24, 2.45) is 0 Å². The molecule has 0 spiro atoms. The Morgan fingerprint density at radius 1 is 1.35 bits per heavy atom. The summed E-state index contributed by atoms with van der Waals surface area (Å²) in [5.74, 6) is 1.72. The number of ether oxygens (including phenoxy) is 1. The van der Waals surface area contributed by atoms with Gasteiger partial charge in [-0.15, -0.1) is 0 Å². The Labute approximate surface area is 105 Å². The molecule has 5 heteroatoms. The van der Waals surface area contributed by atoms with Crippen molar-refractivity contribution in [3.8, 4) is 5.75 Å². The molecule has 0 atom stereocenters. The molecule has 0 aliphatic carbocycles. The average Bonchev–Trinajstić information content (AvgIpc) is 2.77. The van der Waals surface area contributed by atoms with Gasteiger partial charge < -0.3 is 9.64 Å². The van der Waals surface area contributed by atoms with Crippen molar-refractivity contribution in [3.05, 3.63) is 35.7 Å². The third-order valence-electron chi connectivity index (χ3n) is 2.44. The van der Waals surface area contributed by atoms with Gasteiger partial charge in [0.1, 0.15) is 11.6 Å². The van der Waals surface area contributed by atoms with Crippen LogP contribution in [0.2, 0.25) is 0 Å². The number of aromatic nitrogens is 2. The Hall–Kier alpha value is -1.62. The Bertz CT molecular complexity index is 498. The maximum atomic E-state index is 5.33. The standard InChI is InChI=1S/C12H15N3OS/c1-9-13-12(17-14-9)15(2)8-10-6-4-5-7-11(10)16-3/h4-7H,8H2,1-3H3. The minimum atomic E-state index is 0.763. The van der Waals surface area contributed by atoms with E-state index in [9.17, 15) is 0 Å². The van der Waals surface area contributed by atoms with E-state index in [1.54, 1.807) is 7.11 Å². The first-order chi connectivity index (χ1) is 8.20. The predicted molar refractivity (Wildman–Crippen MR) is 69.7 cm³/mol. The van der Waals surface area contributed by atoms with Crippen LogP contribution in [0.3, 0.4) is 0 Å². The number of hydrogen-bond acceptors (Lipinski definition) is 5. The van der Waals surface area contributed by atoms with Gasteiger partial charge in [-0.3, -0.25) is 0 Å². The summed E-state index contributed by atoms with van der Waals surface area (Å²) >= 11 is 1.41. The Balaban J connectivity index is 2.15. The third-order valence-corrected chi connectivity index (χ3v) is 3.37. The number of para-hydroxylation sites is 1. The molecule has 0 N–H and O–H groups in total. The Morgan fingerprint density at radius 3 is 2.76 bits per heavy atom. The van der Waals surface area contributed by atoms with E-state index in [0.29, 0.717) is 0 Å². The molecule has 0 aliphatic rings. The van der Waals surface area contributed by atoms with E-state index >= 15 is 0 Å². The van der Waals surface area contributed by atoms with Gasteiger partial charge in [0.25, 0.3) is 0 Å². The molecule has 2 rings (SSSR count). The van der Waals surface area contributed by atoms with Crippen molar-refractivity contribution < 1.29 is 4.74 Å². The predicted octanol–water partition coefficient (Wildman–Crippen LogP) is 2.49. The van der Waals surface area contributed by atoms with E-state index in [1.165, 1.54) is 11.5 Å². The molecule has 1 aromatic carbocycles. The molecule has 0 saturated heterocycles. The number of methoxy groups -OCH3 is 1.